The number of hydrogen-bond acceptors (Lipinski definition) is 5. The van der Waals surface area contributed by atoms with Crippen molar-refractivity contribution in [1.29, 1.82) is 0 Å². The average molecular weight is 253 g/mol. The molecule has 0 aliphatic rings. The molecule has 7 nitrogen and oxygen atoms in total. The van der Waals surface area contributed by atoms with Gasteiger partial charge in [-0.05, 0) is 18.2 Å². The van der Waals surface area contributed by atoms with Gasteiger partial charge in [-0.15, -0.1) is 0 Å². The predicted molar refractivity (Wildman–Crippen MR) is 50.5 cm³/mol. The fraction of sp³-hybridized carbons (Fsp3) is 0. The first-order chi connectivity index (χ1) is 6.62. The van der Waals surface area contributed by atoms with Crippen molar-refractivity contribution in [3.63, 3.8) is 0 Å². The van der Waals surface area contributed by atoms with Crippen LogP contribution in [0.5, 0.6) is 0 Å². The second-order valence-corrected chi connectivity index (χ2v) is 5.46. The van der Waals surface area contributed by atoms with Crippen LogP contribution in [0.3, 0.4) is 0 Å². The molecule has 0 heterocycles. The molecule has 0 spiro atoms. The zero-order valence-corrected chi connectivity index (χ0v) is 8.79. The zero-order chi connectivity index (χ0) is 11.9. The first-order valence-corrected chi connectivity index (χ1v) is 6.35. The van der Waals surface area contributed by atoms with Crippen molar-refractivity contribution in [3.05, 3.63) is 18.2 Å². The Bertz CT molecular complexity index is 588. The minimum absolute atomic E-state index is 0.315. The summed E-state index contributed by atoms with van der Waals surface area (Å²) in [4.78, 5) is -1.43. The van der Waals surface area contributed by atoms with Gasteiger partial charge in [0.25, 0.3) is 20.2 Å². The molecule has 4 N–H and O–H groups in total. The lowest BCUT2D eigenvalue weighted by molar-refractivity contribution is 0.481. The normalized spacial score (nSPS) is 12.7. The molecule has 0 radical (unpaired) electrons. The van der Waals surface area contributed by atoms with Gasteiger partial charge in [-0.2, -0.15) is 16.8 Å². The SMILES string of the molecule is Nc1ccc(S(=O)(=O)O)cc1S(=O)(=O)O. The summed E-state index contributed by atoms with van der Waals surface area (Å²) < 4.78 is 60.1. The minimum atomic E-state index is -4.62. The molecular weight excluding hydrogens is 246 g/mol. The molecule has 0 aliphatic heterocycles. The Labute approximate surface area is 86.0 Å². The van der Waals surface area contributed by atoms with E-state index in [-0.39, 0.29) is 5.69 Å². The second-order valence-electron chi connectivity index (χ2n) is 2.65. The van der Waals surface area contributed by atoms with Crippen molar-refractivity contribution in [3.8, 4) is 0 Å². The third kappa shape index (κ3) is 2.65. The standard InChI is InChI=1S/C6H7NO6S2/c7-5-2-1-4(14(8,9)10)3-6(5)15(11,12)13/h1-3H,7H2,(H,8,9,10)(H,11,12,13). The Hall–Kier alpha value is -1.16. The highest BCUT2D eigenvalue weighted by Gasteiger charge is 2.18. The van der Waals surface area contributed by atoms with Gasteiger partial charge in [0.1, 0.15) is 4.90 Å². The Balaban J connectivity index is 3.57. The van der Waals surface area contributed by atoms with E-state index in [1.54, 1.807) is 0 Å². The third-order valence-corrected chi connectivity index (χ3v) is 3.32. The van der Waals surface area contributed by atoms with Crippen LogP contribution in [0, 0.1) is 0 Å². The van der Waals surface area contributed by atoms with E-state index in [9.17, 15) is 16.8 Å². The summed E-state index contributed by atoms with van der Waals surface area (Å²) in [5.74, 6) is 0. The Morgan fingerprint density at radius 2 is 1.53 bits per heavy atom. The molecule has 0 amide bonds. The number of hydrogen-bond donors (Lipinski definition) is 3. The van der Waals surface area contributed by atoms with E-state index in [1.165, 1.54) is 0 Å². The summed E-state index contributed by atoms with van der Waals surface area (Å²) >= 11 is 0. The zero-order valence-electron chi connectivity index (χ0n) is 7.15. The average Bonchev–Trinajstić information content (AvgIpc) is 2.00. The lowest BCUT2D eigenvalue weighted by atomic mass is 10.3. The molecule has 0 aromatic heterocycles. The first kappa shape index (κ1) is 11.9. The molecule has 0 unspecified atom stereocenters. The molecule has 1 rings (SSSR count). The van der Waals surface area contributed by atoms with Crippen LogP contribution < -0.4 is 5.73 Å². The summed E-state index contributed by atoms with van der Waals surface area (Å²) in [6.45, 7) is 0. The van der Waals surface area contributed by atoms with Gasteiger partial charge in [0.15, 0.2) is 0 Å². The monoisotopic (exact) mass is 253 g/mol. The van der Waals surface area contributed by atoms with E-state index in [0.717, 1.165) is 12.1 Å². The molecule has 0 saturated heterocycles. The van der Waals surface area contributed by atoms with Crippen LogP contribution in [0.4, 0.5) is 5.69 Å². The Morgan fingerprint density at radius 1 is 1.00 bits per heavy atom. The van der Waals surface area contributed by atoms with Crippen LogP contribution in [0.1, 0.15) is 0 Å². The van der Waals surface area contributed by atoms with Gasteiger partial charge in [-0.25, -0.2) is 0 Å². The fourth-order valence-electron chi connectivity index (χ4n) is 0.899. The highest BCUT2D eigenvalue weighted by molar-refractivity contribution is 7.86. The molecule has 1 aromatic carbocycles. The molecule has 0 atom stereocenters. The topological polar surface area (TPSA) is 135 Å². The fourth-order valence-corrected chi connectivity index (χ4v) is 2.12. The van der Waals surface area contributed by atoms with Gasteiger partial charge < -0.3 is 5.73 Å². The molecule has 1 aromatic rings. The third-order valence-electron chi connectivity index (χ3n) is 1.56. The maximum atomic E-state index is 10.7. The maximum absolute atomic E-state index is 10.7. The molecular formula is C6H7NO6S2. The molecule has 84 valence electrons. The van der Waals surface area contributed by atoms with Crippen LogP contribution in [0.25, 0.3) is 0 Å². The Kier molecular flexibility index (Phi) is 2.74. The summed E-state index contributed by atoms with van der Waals surface area (Å²) in [6.07, 6.45) is 0. The van der Waals surface area contributed by atoms with Crippen molar-refractivity contribution in [2.24, 2.45) is 0 Å². The highest BCUT2D eigenvalue weighted by atomic mass is 32.2. The lowest BCUT2D eigenvalue weighted by Gasteiger charge is -2.03. The summed E-state index contributed by atoms with van der Waals surface area (Å²) in [5, 5.41) is 0. The number of rotatable bonds is 2. The number of anilines is 1. The maximum Gasteiger partial charge on any atom is 0.296 e. The van der Waals surface area contributed by atoms with Gasteiger partial charge in [0, 0.05) is 0 Å². The van der Waals surface area contributed by atoms with Crippen LogP contribution in [-0.2, 0) is 20.2 Å². The van der Waals surface area contributed by atoms with Crippen molar-refractivity contribution in [2.45, 2.75) is 9.79 Å². The van der Waals surface area contributed by atoms with Crippen LogP contribution in [0.15, 0.2) is 28.0 Å². The van der Waals surface area contributed by atoms with Crippen molar-refractivity contribution < 1.29 is 25.9 Å². The summed E-state index contributed by atoms with van der Waals surface area (Å²) in [7, 11) is -9.15. The second kappa shape index (κ2) is 3.45. The lowest BCUT2D eigenvalue weighted by Crippen LogP contribution is -2.06. The number of nitrogen functional groups attached to an aromatic ring is 1. The molecule has 0 bridgehead atoms. The van der Waals surface area contributed by atoms with Gasteiger partial charge >= 0.3 is 0 Å². The van der Waals surface area contributed by atoms with Gasteiger partial charge in [0.2, 0.25) is 0 Å². The van der Waals surface area contributed by atoms with Gasteiger partial charge in [0.05, 0.1) is 10.6 Å². The Morgan fingerprint density at radius 3 is 1.93 bits per heavy atom. The molecule has 15 heavy (non-hydrogen) atoms. The smallest absolute Gasteiger partial charge is 0.296 e. The predicted octanol–water partition coefficient (Wildman–Crippen LogP) is -0.238. The number of benzene rings is 1. The summed E-state index contributed by atoms with van der Waals surface area (Å²) in [6, 6.07) is 2.44. The van der Waals surface area contributed by atoms with E-state index >= 15 is 0 Å². The van der Waals surface area contributed by atoms with E-state index < -0.39 is 30.0 Å². The van der Waals surface area contributed by atoms with Crippen LogP contribution >= 0.6 is 0 Å². The van der Waals surface area contributed by atoms with Crippen molar-refractivity contribution in [2.75, 3.05) is 5.73 Å². The van der Waals surface area contributed by atoms with E-state index in [2.05, 4.69) is 0 Å². The quantitative estimate of drug-likeness (QED) is 0.489. The van der Waals surface area contributed by atoms with Crippen molar-refractivity contribution >= 4 is 25.9 Å². The van der Waals surface area contributed by atoms with Gasteiger partial charge in [-0.1, -0.05) is 0 Å². The van der Waals surface area contributed by atoms with Gasteiger partial charge in [-0.3, -0.25) is 9.11 Å². The van der Waals surface area contributed by atoms with E-state index in [4.69, 9.17) is 14.8 Å². The highest BCUT2D eigenvalue weighted by Crippen LogP contribution is 2.21. The molecule has 0 saturated carbocycles. The van der Waals surface area contributed by atoms with Crippen LogP contribution in [-0.4, -0.2) is 25.9 Å². The first-order valence-electron chi connectivity index (χ1n) is 3.47. The van der Waals surface area contributed by atoms with Crippen molar-refractivity contribution in [1.82, 2.24) is 0 Å². The molecule has 0 aliphatic carbocycles. The van der Waals surface area contributed by atoms with E-state index in [0.29, 0.717) is 6.07 Å². The van der Waals surface area contributed by atoms with E-state index in [1.807, 2.05) is 0 Å². The molecule has 0 fully saturated rings. The van der Waals surface area contributed by atoms with Crippen LogP contribution in [0.2, 0.25) is 0 Å². The minimum Gasteiger partial charge on any atom is -0.398 e. The molecule has 9 heteroatoms. The number of nitrogens with two attached hydrogens (primary N) is 1. The largest absolute Gasteiger partial charge is 0.398 e. The summed E-state index contributed by atoms with van der Waals surface area (Å²) in [5.41, 5.74) is 4.89.